The maximum atomic E-state index is 12.9. The fourth-order valence-electron chi connectivity index (χ4n) is 3.41. The van der Waals surface area contributed by atoms with Crippen LogP contribution in [0.4, 0.5) is 5.82 Å². The SMILES string of the molecule is CC(C)Sc1ccc(C(=O)Nc2c3c(nn2-c2ccccc2)CCC3)cc1. The van der Waals surface area contributed by atoms with E-state index in [1.165, 1.54) is 10.5 Å². The van der Waals surface area contributed by atoms with Gasteiger partial charge in [-0.15, -0.1) is 11.8 Å². The number of hydrogen-bond donors (Lipinski definition) is 1. The van der Waals surface area contributed by atoms with E-state index in [-0.39, 0.29) is 5.91 Å². The molecule has 1 amide bonds. The number of nitrogens with zero attached hydrogens (tertiary/aromatic N) is 2. The van der Waals surface area contributed by atoms with E-state index in [1.807, 2.05) is 59.3 Å². The first-order chi connectivity index (χ1) is 13.1. The lowest BCUT2D eigenvalue weighted by molar-refractivity contribution is 0.102. The first-order valence-electron chi connectivity index (χ1n) is 9.36. The van der Waals surface area contributed by atoms with Gasteiger partial charge in [0.15, 0.2) is 0 Å². The third-order valence-corrected chi connectivity index (χ3v) is 5.64. The Kier molecular flexibility index (Phi) is 5.03. The maximum Gasteiger partial charge on any atom is 0.256 e. The Morgan fingerprint density at radius 1 is 1.07 bits per heavy atom. The molecular formula is C22H23N3OS. The van der Waals surface area contributed by atoms with Crippen LogP contribution in [-0.2, 0) is 12.8 Å². The lowest BCUT2D eigenvalue weighted by atomic mass is 10.2. The van der Waals surface area contributed by atoms with Gasteiger partial charge in [-0.1, -0.05) is 32.0 Å². The molecule has 1 N–H and O–H groups in total. The molecule has 138 valence electrons. The largest absolute Gasteiger partial charge is 0.306 e. The molecule has 0 saturated carbocycles. The lowest BCUT2D eigenvalue weighted by Crippen LogP contribution is -2.16. The van der Waals surface area contributed by atoms with Gasteiger partial charge in [-0.3, -0.25) is 4.79 Å². The summed E-state index contributed by atoms with van der Waals surface area (Å²) >= 11 is 1.79. The number of benzene rings is 2. The zero-order valence-corrected chi connectivity index (χ0v) is 16.4. The third kappa shape index (κ3) is 3.78. The summed E-state index contributed by atoms with van der Waals surface area (Å²) in [6, 6.07) is 17.8. The van der Waals surface area contributed by atoms with E-state index in [0.29, 0.717) is 10.8 Å². The number of anilines is 1. The zero-order chi connectivity index (χ0) is 18.8. The summed E-state index contributed by atoms with van der Waals surface area (Å²) in [5, 5.41) is 8.39. The van der Waals surface area contributed by atoms with Gasteiger partial charge in [0.2, 0.25) is 0 Å². The molecule has 4 rings (SSSR count). The van der Waals surface area contributed by atoms with Crippen LogP contribution in [0.3, 0.4) is 0 Å². The predicted octanol–water partition coefficient (Wildman–Crippen LogP) is 5.11. The molecular weight excluding hydrogens is 354 g/mol. The van der Waals surface area contributed by atoms with E-state index in [9.17, 15) is 4.79 Å². The van der Waals surface area contributed by atoms with Crippen LogP contribution in [0.2, 0.25) is 0 Å². The van der Waals surface area contributed by atoms with E-state index < -0.39 is 0 Å². The molecule has 0 radical (unpaired) electrons. The number of hydrogen-bond acceptors (Lipinski definition) is 3. The average molecular weight is 378 g/mol. The van der Waals surface area contributed by atoms with E-state index in [4.69, 9.17) is 5.10 Å². The van der Waals surface area contributed by atoms with Crippen LogP contribution in [0.25, 0.3) is 5.69 Å². The highest BCUT2D eigenvalue weighted by atomic mass is 32.2. The third-order valence-electron chi connectivity index (χ3n) is 4.63. The maximum absolute atomic E-state index is 12.9. The van der Waals surface area contributed by atoms with Gasteiger partial charge in [0.05, 0.1) is 11.4 Å². The monoisotopic (exact) mass is 377 g/mol. The van der Waals surface area contributed by atoms with Crippen molar-refractivity contribution >= 4 is 23.5 Å². The number of nitrogens with one attached hydrogen (secondary N) is 1. The molecule has 27 heavy (non-hydrogen) atoms. The van der Waals surface area contributed by atoms with Crippen molar-refractivity contribution in [1.82, 2.24) is 9.78 Å². The van der Waals surface area contributed by atoms with E-state index in [0.717, 1.165) is 36.5 Å². The minimum Gasteiger partial charge on any atom is -0.306 e. The van der Waals surface area contributed by atoms with Gasteiger partial charge >= 0.3 is 0 Å². The number of aryl methyl sites for hydroxylation is 1. The number of thioether (sulfide) groups is 1. The fraction of sp³-hybridized carbons (Fsp3) is 0.273. The van der Waals surface area contributed by atoms with Crippen LogP contribution in [0.1, 0.15) is 41.9 Å². The Labute approximate surface area is 164 Å². The highest BCUT2D eigenvalue weighted by molar-refractivity contribution is 7.99. The zero-order valence-electron chi connectivity index (χ0n) is 15.6. The Balaban J connectivity index is 1.61. The highest BCUT2D eigenvalue weighted by Crippen LogP contribution is 2.31. The van der Waals surface area contributed by atoms with Gasteiger partial charge in [0.25, 0.3) is 5.91 Å². The summed E-state index contributed by atoms with van der Waals surface area (Å²) in [7, 11) is 0. The van der Waals surface area contributed by atoms with Crippen molar-refractivity contribution < 1.29 is 4.79 Å². The van der Waals surface area contributed by atoms with Gasteiger partial charge in [-0.2, -0.15) is 5.10 Å². The number of carbonyl (C=O) groups is 1. The second-order valence-electron chi connectivity index (χ2n) is 7.02. The van der Waals surface area contributed by atoms with Crippen molar-refractivity contribution in [2.24, 2.45) is 0 Å². The number of amides is 1. The number of rotatable bonds is 5. The summed E-state index contributed by atoms with van der Waals surface area (Å²) in [5.41, 5.74) is 3.89. The van der Waals surface area contributed by atoms with Crippen LogP contribution in [0.5, 0.6) is 0 Å². The average Bonchev–Trinajstić information content (AvgIpc) is 3.25. The highest BCUT2D eigenvalue weighted by Gasteiger charge is 2.24. The second kappa shape index (κ2) is 7.61. The molecule has 5 heteroatoms. The summed E-state index contributed by atoms with van der Waals surface area (Å²) in [6.45, 7) is 4.33. The number of para-hydroxylation sites is 1. The van der Waals surface area contributed by atoms with Crippen LogP contribution < -0.4 is 5.32 Å². The summed E-state index contributed by atoms with van der Waals surface area (Å²) in [6.07, 6.45) is 3.03. The number of carbonyl (C=O) groups excluding carboxylic acids is 1. The smallest absolute Gasteiger partial charge is 0.256 e. The van der Waals surface area contributed by atoms with Crippen LogP contribution in [0, 0.1) is 0 Å². The van der Waals surface area contributed by atoms with Gasteiger partial charge in [-0.05, 0) is 55.7 Å². The summed E-state index contributed by atoms with van der Waals surface area (Å²) in [4.78, 5) is 14.0. The van der Waals surface area contributed by atoms with Crippen molar-refractivity contribution in [1.29, 1.82) is 0 Å². The van der Waals surface area contributed by atoms with E-state index in [1.54, 1.807) is 11.8 Å². The lowest BCUT2D eigenvalue weighted by Gasteiger charge is -2.11. The minimum absolute atomic E-state index is 0.0946. The molecule has 1 aliphatic carbocycles. The Morgan fingerprint density at radius 2 is 1.81 bits per heavy atom. The van der Waals surface area contributed by atoms with Crippen molar-refractivity contribution in [2.45, 2.75) is 43.3 Å². The molecule has 2 aromatic carbocycles. The van der Waals surface area contributed by atoms with Gasteiger partial charge in [-0.25, -0.2) is 4.68 Å². The Morgan fingerprint density at radius 3 is 2.52 bits per heavy atom. The standard InChI is InChI=1S/C22H23N3OS/c1-15(2)27-18-13-11-16(12-14-18)22(26)23-21-19-9-6-10-20(19)24-25(21)17-7-4-3-5-8-17/h3-5,7-8,11-15H,6,9-10H2,1-2H3,(H,23,26). The van der Waals surface area contributed by atoms with E-state index >= 15 is 0 Å². The molecule has 0 unspecified atom stereocenters. The molecule has 0 atom stereocenters. The molecule has 0 fully saturated rings. The molecule has 0 spiro atoms. The second-order valence-corrected chi connectivity index (χ2v) is 8.67. The molecule has 3 aromatic rings. The molecule has 1 heterocycles. The van der Waals surface area contributed by atoms with Crippen molar-refractivity contribution in [3.05, 3.63) is 71.4 Å². The molecule has 0 saturated heterocycles. The fourth-order valence-corrected chi connectivity index (χ4v) is 4.25. The Bertz CT molecular complexity index is 946. The quantitative estimate of drug-likeness (QED) is 0.628. The van der Waals surface area contributed by atoms with Gasteiger partial charge in [0.1, 0.15) is 5.82 Å². The van der Waals surface area contributed by atoms with Crippen LogP contribution in [0.15, 0.2) is 59.5 Å². The van der Waals surface area contributed by atoms with Gasteiger partial charge in [0, 0.05) is 21.3 Å². The van der Waals surface area contributed by atoms with Gasteiger partial charge < -0.3 is 5.32 Å². The topological polar surface area (TPSA) is 46.9 Å². The Hall–Kier alpha value is -2.53. The molecule has 0 bridgehead atoms. The first kappa shape index (κ1) is 17.9. The number of aromatic nitrogens is 2. The van der Waals surface area contributed by atoms with Crippen molar-refractivity contribution in [3.63, 3.8) is 0 Å². The predicted molar refractivity (Wildman–Crippen MR) is 111 cm³/mol. The van der Waals surface area contributed by atoms with Crippen molar-refractivity contribution in [3.8, 4) is 5.69 Å². The molecule has 4 nitrogen and oxygen atoms in total. The van der Waals surface area contributed by atoms with Crippen LogP contribution in [-0.4, -0.2) is 20.9 Å². The summed E-state index contributed by atoms with van der Waals surface area (Å²) in [5.74, 6) is 0.710. The normalized spacial score (nSPS) is 13.0. The van der Waals surface area contributed by atoms with E-state index in [2.05, 4.69) is 19.2 Å². The van der Waals surface area contributed by atoms with Crippen molar-refractivity contribution in [2.75, 3.05) is 5.32 Å². The minimum atomic E-state index is -0.0946. The molecule has 1 aliphatic rings. The summed E-state index contributed by atoms with van der Waals surface area (Å²) < 4.78 is 1.87. The van der Waals surface area contributed by atoms with Crippen LogP contribution >= 0.6 is 11.8 Å². The first-order valence-corrected chi connectivity index (χ1v) is 10.2. The molecule has 1 aromatic heterocycles. The molecule has 0 aliphatic heterocycles. The number of fused-ring (bicyclic) bond motifs is 1.